The molecule has 0 fully saturated rings. The molecule has 1 aromatic carbocycles. The fraction of sp³-hybridized carbons (Fsp3) is 0.0769. The fourth-order valence-corrected chi connectivity index (χ4v) is 2.01. The lowest BCUT2D eigenvalue weighted by molar-refractivity contribution is -0.385. The van der Waals surface area contributed by atoms with Gasteiger partial charge in [0.25, 0.3) is 5.69 Å². The van der Waals surface area contributed by atoms with Crippen molar-refractivity contribution in [3.8, 4) is 17.3 Å². The largest absolute Gasteiger partial charge is 0.465 e. The van der Waals surface area contributed by atoms with Crippen molar-refractivity contribution in [3.05, 3.63) is 39.4 Å². The maximum atomic E-state index is 12.0. The van der Waals surface area contributed by atoms with E-state index in [-0.39, 0.29) is 34.2 Å². The lowest BCUT2D eigenvalue weighted by atomic mass is 9.99. The van der Waals surface area contributed by atoms with Gasteiger partial charge < -0.3 is 16.2 Å². The topological polar surface area (TPSA) is 171 Å². The van der Waals surface area contributed by atoms with Gasteiger partial charge >= 0.3 is 5.97 Å². The van der Waals surface area contributed by atoms with Gasteiger partial charge in [0.05, 0.1) is 17.7 Å². The third-order valence-electron chi connectivity index (χ3n) is 2.95. The highest BCUT2D eigenvalue weighted by Gasteiger charge is 2.28. The number of rotatable bonds is 3. The third kappa shape index (κ3) is 2.70. The van der Waals surface area contributed by atoms with Crippen LogP contribution in [0.3, 0.4) is 0 Å². The van der Waals surface area contributed by atoms with Crippen LogP contribution in [0.15, 0.2) is 18.2 Å². The number of carbonyl (C=O) groups excluding carboxylic acids is 1. The second kappa shape index (κ2) is 5.94. The Labute approximate surface area is 129 Å². The van der Waals surface area contributed by atoms with Crippen molar-refractivity contribution in [1.29, 1.82) is 5.26 Å². The van der Waals surface area contributed by atoms with Crippen LogP contribution in [0.25, 0.3) is 11.3 Å². The van der Waals surface area contributed by atoms with Crippen LogP contribution in [0.5, 0.6) is 0 Å². The van der Waals surface area contributed by atoms with Crippen molar-refractivity contribution >= 4 is 23.4 Å². The smallest absolute Gasteiger partial charge is 0.345 e. The number of anilines is 2. The molecule has 116 valence electrons. The van der Waals surface area contributed by atoms with Gasteiger partial charge in [-0.15, -0.1) is 0 Å². The molecule has 0 aliphatic heterocycles. The summed E-state index contributed by atoms with van der Waals surface area (Å²) < 4.78 is 4.59. The minimum Gasteiger partial charge on any atom is -0.465 e. The standard InChI is InChI=1S/C13H10N6O4/c1-23-12(20)9-6(3-2-4-8(9)19(21)22)10-7(5-14)11(15)18-13(16)17-10/h2-4H,1H3,(H4,15,16,17,18). The number of carbonyl (C=O) groups is 1. The second-order valence-corrected chi connectivity index (χ2v) is 4.25. The second-order valence-electron chi connectivity index (χ2n) is 4.25. The maximum absolute atomic E-state index is 12.0. The molecule has 0 amide bonds. The minimum absolute atomic E-state index is 0.00315. The molecule has 0 spiro atoms. The van der Waals surface area contributed by atoms with E-state index in [1.807, 2.05) is 0 Å². The first-order valence-corrected chi connectivity index (χ1v) is 6.09. The van der Waals surface area contributed by atoms with E-state index in [0.29, 0.717) is 0 Å². The molecular weight excluding hydrogens is 304 g/mol. The van der Waals surface area contributed by atoms with E-state index in [9.17, 15) is 20.2 Å². The molecule has 2 rings (SSSR count). The number of hydrogen-bond acceptors (Lipinski definition) is 9. The first kappa shape index (κ1) is 15.6. The molecule has 23 heavy (non-hydrogen) atoms. The van der Waals surface area contributed by atoms with Crippen molar-refractivity contribution in [2.24, 2.45) is 0 Å². The van der Waals surface area contributed by atoms with E-state index in [2.05, 4.69) is 14.7 Å². The number of ether oxygens (including phenoxy) is 1. The Morgan fingerprint density at radius 1 is 1.39 bits per heavy atom. The number of methoxy groups -OCH3 is 1. The summed E-state index contributed by atoms with van der Waals surface area (Å²) in [6.07, 6.45) is 0. The average molecular weight is 314 g/mol. The van der Waals surface area contributed by atoms with E-state index in [4.69, 9.17) is 11.5 Å². The van der Waals surface area contributed by atoms with Crippen molar-refractivity contribution in [1.82, 2.24) is 9.97 Å². The average Bonchev–Trinajstić information content (AvgIpc) is 2.52. The molecule has 1 aromatic heterocycles. The van der Waals surface area contributed by atoms with E-state index in [1.165, 1.54) is 12.1 Å². The highest BCUT2D eigenvalue weighted by atomic mass is 16.6. The van der Waals surface area contributed by atoms with Crippen LogP contribution in [-0.2, 0) is 4.74 Å². The summed E-state index contributed by atoms with van der Waals surface area (Å²) in [4.78, 5) is 30.0. The van der Waals surface area contributed by atoms with E-state index in [1.54, 1.807) is 6.07 Å². The quantitative estimate of drug-likeness (QED) is 0.473. The number of nitriles is 1. The third-order valence-corrected chi connectivity index (χ3v) is 2.95. The number of esters is 1. The molecule has 4 N–H and O–H groups in total. The van der Waals surface area contributed by atoms with Crippen LogP contribution >= 0.6 is 0 Å². The van der Waals surface area contributed by atoms with Crippen LogP contribution in [-0.4, -0.2) is 28.0 Å². The Hall–Kier alpha value is -3.74. The molecule has 0 unspecified atom stereocenters. The predicted octanol–water partition coefficient (Wildman–Crippen LogP) is 0.874. The van der Waals surface area contributed by atoms with Crippen LogP contribution < -0.4 is 11.5 Å². The summed E-state index contributed by atoms with van der Waals surface area (Å²) in [5.74, 6) is -1.39. The summed E-state index contributed by atoms with van der Waals surface area (Å²) in [7, 11) is 1.08. The lowest BCUT2D eigenvalue weighted by Crippen LogP contribution is -2.11. The Morgan fingerprint density at radius 3 is 2.65 bits per heavy atom. The van der Waals surface area contributed by atoms with Crippen molar-refractivity contribution in [2.45, 2.75) is 0 Å². The van der Waals surface area contributed by atoms with Crippen LogP contribution in [0, 0.1) is 21.4 Å². The van der Waals surface area contributed by atoms with E-state index < -0.39 is 16.6 Å². The zero-order chi connectivity index (χ0) is 17.1. The maximum Gasteiger partial charge on any atom is 0.345 e. The van der Waals surface area contributed by atoms with Crippen LogP contribution in [0.1, 0.15) is 15.9 Å². The van der Waals surface area contributed by atoms with Crippen LogP contribution in [0.2, 0.25) is 0 Å². The summed E-state index contributed by atoms with van der Waals surface area (Å²) >= 11 is 0. The number of nitrogen functional groups attached to an aromatic ring is 2. The molecule has 10 heteroatoms. The number of benzene rings is 1. The van der Waals surface area contributed by atoms with Gasteiger partial charge in [0.2, 0.25) is 5.95 Å². The summed E-state index contributed by atoms with van der Waals surface area (Å²) in [6, 6.07) is 5.65. The molecule has 1 heterocycles. The first-order chi connectivity index (χ1) is 10.9. The Bertz CT molecular complexity index is 858. The van der Waals surface area contributed by atoms with Crippen molar-refractivity contribution in [3.63, 3.8) is 0 Å². The number of nitrogens with zero attached hydrogens (tertiary/aromatic N) is 4. The van der Waals surface area contributed by atoms with Crippen LogP contribution in [0.4, 0.5) is 17.5 Å². The number of nitrogens with two attached hydrogens (primary N) is 2. The van der Waals surface area contributed by atoms with E-state index in [0.717, 1.165) is 13.2 Å². The van der Waals surface area contributed by atoms with Gasteiger partial charge in [0, 0.05) is 11.6 Å². The predicted molar refractivity (Wildman–Crippen MR) is 79.0 cm³/mol. The Morgan fingerprint density at radius 2 is 2.09 bits per heavy atom. The normalized spacial score (nSPS) is 9.91. The molecule has 0 aliphatic carbocycles. The van der Waals surface area contributed by atoms with Gasteiger partial charge in [-0.3, -0.25) is 10.1 Å². The highest BCUT2D eigenvalue weighted by Crippen LogP contribution is 2.33. The summed E-state index contributed by atoms with van der Waals surface area (Å²) in [5.41, 5.74) is 10.1. The molecule has 0 saturated carbocycles. The highest BCUT2D eigenvalue weighted by molar-refractivity contribution is 6.01. The number of nitro benzene ring substituents is 1. The summed E-state index contributed by atoms with van der Waals surface area (Å²) in [6.45, 7) is 0. The van der Waals surface area contributed by atoms with Crippen molar-refractivity contribution in [2.75, 3.05) is 18.6 Å². The van der Waals surface area contributed by atoms with E-state index >= 15 is 0 Å². The zero-order valence-electron chi connectivity index (χ0n) is 11.8. The van der Waals surface area contributed by atoms with Gasteiger partial charge in [-0.2, -0.15) is 10.2 Å². The van der Waals surface area contributed by atoms with Gasteiger partial charge in [-0.05, 0) is 0 Å². The summed E-state index contributed by atoms with van der Waals surface area (Å²) in [5, 5.41) is 20.4. The molecular formula is C13H10N6O4. The van der Waals surface area contributed by atoms with Gasteiger partial charge in [0.1, 0.15) is 23.0 Å². The van der Waals surface area contributed by atoms with Gasteiger partial charge in [-0.25, -0.2) is 9.78 Å². The zero-order valence-corrected chi connectivity index (χ0v) is 11.8. The SMILES string of the molecule is COC(=O)c1c(-c2nc(N)nc(N)c2C#N)cccc1[N+](=O)[O-]. The number of aromatic nitrogens is 2. The lowest BCUT2D eigenvalue weighted by Gasteiger charge is -2.10. The number of hydrogen-bond donors (Lipinski definition) is 2. The molecule has 0 bridgehead atoms. The minimum atomic E-state index is -0.952. The van der Waals surface area contributed by atoms with Gasteiger partial charge in [0.15, 0.2) is 0 Å². The Kier molecular flexibility index (Phi) is 4.04. The molecule has 2 aromatic rings. The molecule has 0 saturated heterocycles. The fourth-order valence-electron chi connectivity index (χ4n) is 2.01. The molecule has 0 atom stereocenters. The first-order valence-electron chi connectivity index (χ1n) is 6.09. The Balaban J connectivity index is 2.90. The molecule has 0 radical (unpaired) electrons. The molecule has 10 nitrogen and oxygen atoms in total. The van der Waals surface area contributed by atoms with Gasteiger partial charge in [-0.1, -0.05) is 12.1 Å². The molecule has 0 aliphatic rings. The monoisotopic (exact) mass is 314 g/mol. The van der Waals surface area contributed by atoms with Crippen molar-refractivity contribution < 1.29 is 14.5 Å². The number of nitro groups is 1.